The Hall–Kier alpha value is -1.90. The molecule has 1 aliphatic heterocycles. The summed E-state index contributed by atoms with van der Waals surface area (Å²) in [6.07, 6.45) is 2.79. The van der Waals surface area contributed by atoms with Gasteiger partial charge in [-0.25, -0.2) is 13.2 Å². The number of para-hydroxylation sites is 1. The van der Waals surface area contributed by atoms with Crippen LogP contribution in [0.5, 0.6) is 0 Å². The fourth-order valence-corrected chi connectivity index (χ4v) is 5.10. The predicted molar refractivity (Wildman–Crippen MR) is 99.2 cm³/mol. The summed E-state index contributed by atoms with van der Waals surface area (Å²) < 4.78 is 27.3. The van der Waals surface area contributed by atoms with Crippen molar-refractivity contribution >= 4 is 33.1 Å². The van der Waals surface area contributed by atoms with Crippen LogP contribution in [-0.2, 0) is 16.6 Å². The highest BCUT2D eigenvalue weighted by Crippen LogP contribution is 2.26. The van der Waals surface area contributed by atoms with Crippen LogP contribution < -0.4 is 10.6 Å². The number of anilines is 1. The SMILES string of the molecule is O=C(NCc1cccs1)Nc1ccccc1S(=O)(=O)N1CCCCC1. The van der Waals surface area contributed by atoms with Crippen LogP contribution >= 0.6 is 11.3 Å². The van der Waals surface area contributed by atoms with Gasteiger partial charge in [0.05, 0.1) is 12.2 Å². The summed E-state index contributed by atoms with van der Waals surface area (Å²) in [5.74, 6) is 0. The molecule has 2 heterocycles. The van der Waals surface area contributed by atoms with Crippen molar-refractivity contribution in [3.05, 3.63) is 46.7 Å². The zero-order valence-electron chi connectivity index (χ0n) is 13.8. The molecule has 134 valence electrons. The molecule has 1 saturated heterocycles. The zero-order valence-corrected chi connectivity index (χ0v) is 15.4. The number of nitrogens with zero attached hydrogens (tertiary/aromatic N) is 1. The molecule has 0 saturated carbocycles. The predicted octanol–water partition coefficient (Wildman–Crippen LogP) is 3.24. The number of carbonyl (C=O) groups excluding carboxylic acids is 1. The lowest BCUT2D eigenvalue weighted by atomic mass is 10.2. The lowest BCUT2D eigenvalue weighted by Gasteiger charge is -2.26. The fourth-order valence-electron chi connectivity index (χ4n) is 2.79. The summed E-state index contributed by atoms with van der Waals surface area (Å²) in [4.78, 5) is 13.3. The topological polar surface area (TPSA) is 78.5 Å². The van der Waals surface area contributed by atoms with E-state index in [-0.39, 0.29) is 4.90 Å². The van der Waals surface area contributed by atoms with Gasteiger partial charge in [-0.2, -0.15) is 4.31 Å². The van der Waals surface area contributed by atoms with E-state index in [9.17, 15) is 13.2 Å². The minimum Gasteiger partial charge on any atom is -0.333 e. The molecule has 0 atom stereocenters. The Labute approximate surface area is 151 Å². The molecule has 0 aliphatic carbocycles. The molecule has 0 bridgehead atoms. The van der Waals surface area contributed by atoms with E-state index >= 15 is 0 Å². The molecule has 2 amide bonds. The van der Waals surface area contributed by atoms with E-state index in [1.165, 1.54) is 4.31 Å². The van der Waals surface area contributed by atoms with Gasteiger partial charge in [0.1, 0.15) is 4.90 Å². The van der Waals surface area contributed by atoms with E-state index in [1.54, 1.807) is 35.6 Å². The van der Waals surface area contributed by atoms with Crippen LogP contribution in [0.25, 0.3) is 0 Å². The number of amides is 2. The molecule has 1 aliphatic rings. The molecular formula is C17H21N3O3S2. The van der Waals surface area contributed by atoms with Crippen LogP contribution in [0.2, 0.25) is 0 Å². The van der Waals surface area contributed by atoms with Crippen molar-refractivity contribution in [2.24, 2.45) is 0 Å². The quantitative estimate of drug-likeness (QED) is 0.837. The Morgan fingerprint density at radius 3 is 2.56 bits per heavy atom. The summed E-state index contributed by atoms with van der Waals surface area (Å²) in [6, 6.07) is 9.96. The van der Waals surface area contributed by atoms with Crippen molar-refractivity contribution in [2.45, 2.75) is 30.7 Å². The van der Waals surface area contributed by atoms with Gasteiger partial charge in [-0.3, -0.25) is 0 Å². The Kier molecular flexibility index (Phi) is 5.72. The minimum absolute atomic E-state index is 0.142. The lowest BCUT2D eigenvalue weighted by molar-refractivity contribution is 0.252. The molecule has 0 radical (unpaired) electrons. The summed E-state index contributed by atoms with van der Waals surface area (Å²) in [5.41, 5.74) is 0.303. The average Bonchev–Trinajstić information content (AvgIpc) is 3.15. The number of thiophene rings is 1. The molecule has 3 rings (SSSR count). The van der Waals surface area contributed by atoms with Gasteiger partial charge in [-0.05, 0) is 36.4 Å². The Morgan fingerprint density at radius 2 is 1.84 bits per heavy atom. The van der Waals surface area contributed by atoms with Crippen LogP contribution in [-0.4, -0.2) is 31.8 Å². The van der Waals surface area contributed by atoms with E-state index in [2.05, 4.69) is 10.6 Å². The average molecular weight is 380 g/mol. The molecule has 0 spiro atoms. The van der Waals surface area contributed by atoms with Crippen LogP contribution in [0.4, 0.5) is 10.5 Å². The zero-order chi connectivity index (χ0) is 17.7. The first-order valence-corrected chi connectivity index (χ1v) is 10.6. The maximum Gasteiger partial charge on any atom is 0.319 e. The van der Waals surface area contributed by atoms with Gasteiger partial charge in [0.2, 0.25) is 10.0 Å². The Morgan fingerprint density at radius 1 is 1.08 bits per heavy atom. The molecule has 2 N–H and O–H groups in total. The van der Waals surface area contributed by atoms with Crippen molar-refractivity contribution < 1.29 is 13.2 Å². The van der Waals surface area contributed by atoms with Gasteiger partial charge in [-0.1, -0.05) is 24.6 Å². The molecule has 25 heavy (non-hydrogen) atoms. The first kappa shape index (κ1) is 17.9. The molecule has 1 fully saturated rings. The second kappa shape index (κ2) is 7.99. The first-order valence-electron chi connectivity index (χ1n) is 8.24. The lowest BCUT2D eigenvalue weighted by Crippen LogP contribution is -2.36. The van der Waals surface area contributed by atoms with Crippen LogP contribution in [0.15, 0.2) is 46.7 Å². The molecular weight excluding hydrogens is 358 g/mol. The number of hydrogen-bond donors (Lipinski definition) is 2. The van der Waals surface area contributed by atoms with Gasteiger partial charge in [0, 0.05) is 18.0 Å². The van der Waals surface area contributed by atoms with Gasteiger partial charge < -0.3 is 10.6 Å². The molecule has 1 aromatic heterocycles. The largest absolute Gasteiger partial charge is 0.333 e. The highest BCUT2D eigenvalue weighted by Gasteiger charge is 2.28. The number of benzene rings is 1. The van der Waals surface area contributed by atoms with Crippen LogP contribution in [0.3, 0.4) is 0 Å². The highest BCUT2D eigenvalue weighted by atomic mass is 32.2. The molecule has 8 heteroatoms. The molecule has 1 aromatic carbocycles. The van der Waals surface area contributed by atoms with Crippen molar-refractivity contribution in [2.75, 3.05) is 18.4 Å². The third-order valence-corrected chi connectivity index (χ3v) is 6.90. The van der Waals surface area contributed by atoms with Crippen molar-refractivity contribution in [1.82, 2.24) is 9.62 Å². The van der Waals surface area contributed by atoms with E-state index < -0.39 is 16.1 Å². The van der Waals surface area contributed by atoms with E-state index in [4.69, 9.17) is 0 Å². The van der Waals surface area contributed by atoms with Gasteiger partial charge in [0.15, 0.2) is 0 Å². The summed E-state index contributed by atoms with van der Waals surface area (Å²) in [5, 5.41) is 7.35. The first-order chi connectivity index (χ1) is 12.1. The normalized spacial score (nSPS) is 15.7. The molecule has 2 aromatic rings. The molecule has 0 unspecified atom stereocenters. The highest BCUT2D eigenvalue weighted by molar-refractivity contribution is 7.89. The Balaban J connectivity index is 1.73. The van der Waals surface area contributed by atoms with Gasteiger partial charge in [0.25, 0.3) is 0 Å². The number of rotatable bonds is 5. The number of sulfonamides is 1. The van der Waals surface area contributed by atoms with E-state index in [1.807, 2.05) is 17.5 Å². The van der Waals surface area contributed by atoms with Crippen LogP contribution in [0.1, 0.15) is 24.1 Å². The maximum absolute atomic E-state index is 12.9. The van der Waals surface area contributed by atoms with Crippen LogP contribution in [0, 0.1) is 0 Å². The molecule has 6 nitrogen and oxygen atoms in total. The number of piperidine rings is 1. The summed E-state index contributed by atoms with van der Waals surface area (Å²) in [6.45, 7) is 1.47. The van der Waals surface area contributed by atoms with Gasteiger partial charge in [-0.15, -0.1) is 11.3 Å². The number of nitrogens with one attached hydrogen (secondary N) is 2. The Bertz CT molecular complexity index is 813. The van der Waals surface area contributed by atoms with Crippen molar-refractivity contribution in [1.29, 1.82) is 0 Å². The second-order valence-electron chi connectivity index (χ2n) is 5.85. The summed E-state index contributed by atoms with van der Waals surface area (Å²) >= 11 is 1.55. The number of hydrogen-bond acceptors (Lipinski definition) is 4. The standard InChI is InChI=1S/C17H21N3O3S2/c21-17(18-13-14-7-6-12-24-14)19-15-8-2-3-9-16(15)25(22,23)20-10-4-1-5-11-20/h2-3,6-9,12H,1,4-5,10-11,13H2,(H2,18,19,21). The monoisotopic (exact) mass is 379 g/mol. The minimum atomic E-state index is -3.60. The van der Waals surface area contributed by atoms with Crippen molar-refractivity contribution in [3.63, 3.8) is 0 Å². The summed E-state index contributed by atoms with van der Waals surface area (Å²) in [7, 11) is -3.60. The third kappa shape index (κ3) is 4.39. The number of carbonyl (C=O) groups is 1. The fraction of sp³-hybridized carbons (Fsp3) is 0.353. The van der Waals surface area contributed by atoms with E-state index in [0.29, 0.717) is 25.3 Å². The van der Waals surface area contributed by atoms with Crippen molar-refractivity contribution in [3.8, 4) is 0 Å². The third-order valence-electron chi connectivity index (χ3n) is 4.07. The number of urea groups is 1. The maximum atomic E-state index is 12.9. The van der Waals surface area contributed by atoms with E-state index in [0.717, 1.165) is 24.1 Å². The second-order valence-corrected chi connectivity index (χ2v) is 8.79. The smallest absolute Gasteiger partial charge is 0.319 e. The van der Waals surface area contributed by atoms with Gasteiger partial charge >= 0.3 is 6.03 Å².